The molecule has 2 rings (SSSR count). The normalized spacial score (nSPS) is 10.9. The third-order valence-corrected chi connectivity index (χ3v) is 4.52. The van der Waals surface area contributed by atoms with Gasteiger partial charge in [-0.2, -0.15) is 0 Å². The number of rotatable bonds is 7. The number of ether oxygens (including phenoxy) is 2. The van der Waals surface area contributed by atoms with Crippen molar-refractivity contribution in [1.82, 2.24) is 0 Å². The number of nitrogens with one attached hydrogen (secondary N) is 1. The first-order chi connectivity index (χ1) is 11.4. The molecule has 0 spiro atoms. The molecule has 0 aliphatic carbocycles. The number of hydrogen-bond donors (Lipinski definition) is 2. The van der Waals surface area contributed by atoms with Crippen LogP contribution in [0.1, 0.15) is 17.3 Å². The quantitative estimate of drug-likeness (QED) is 0.795. The van der Waals surface area contributed by atoms with Crippen LogP contribution in [0.5, 0.6) is 11.5 Å². The van der Waals surface area contributed by atoms with Gasteiger partial charge in [0.2, 0.25) is 0 Å². The molecule has 0 fully saturated rings. The van der Waals surface area contributed by atoms with Gasteiger partial charge in [0.25, 0.3) is 10.0 Å². The van der Waals surface area contributed by atoms with E-state index in [1.165, 1.54) is 19.2 Å². The van der Waals surface area contributed by atoms with E-state index in [9.17, 15) is 13.2 Å². The fourth-order valence-electron chi connectivity index (χ4n) is 2.02. The van der Waals surface area contributed by atoms with Crippen molar-refractivity contribution in [3.63, 3.8) is 0 Å². The van der Waals surface area contributed by atoms with Crippen LogP contribution in [0.15, 0.2) is 47.4 Å². The SMILES string of the molecule is CCOc1ccc(NS(=O)(=O)c2cc(C(=O)O)ccc2OC)cc1. The lowest BCUT2D eigenvalue weighted by Crippen LogP contribution is -2.15. The molecule has 0 amide bonds. The summed E-state index contributed by atoms with van der Waals surface area (Å²) in [6, 6.07) is 10.00. The van der Waals surface area contributed by atoms with Gasteiger partial charge in [0, 0.05) is 5.69 Å². The molecule has 0 radical (unpaired) electrons. The van der Waals surface area contributed by atoms with Crippen molar-refractivity contribution in [2.75, 3.05) is 18.4 Å². The zero-order chi connectivity index (χ0) is 17.7. The van der Waals surface area contributed by atoms with Crippen LogP contribution in [-0.2, 0) is 10.0 Å². The van der Waals surface area contributed by atoms with Crippen molar-refractivity contribution in [3.05, 3.63) is 48.0 Å². The fourth-order valence-corrected chi connectivity index (χ4v) is 3.27. The summed E-state index contributed by atoms with van der Waals surface area (Å²) in [5.41, 5.74) is 0.170. The maximum atomic E-state index is 12.6. The van der Waals surface area contributed by atoms with Crippen LogP contribution in [-0.4, -0.2) is 33.2 Å². The van der Waals surface area contributed by atoms with Gasteiger partial charge in [0.15, 0.2) is 0 Å². The van der Waals surface area contributed by atoms with Crippen LogP contribution in [0.25, 0.3) is 0 Å². The topological polar surface area (TPSA) is 102 Å². The minimum Gasteiger partial charge on any atom is -0.495 e. The van der Waals surface area contributed by atoms with Gasteiger partial charge in [-0.1, -0.05) is 0 Å². The highest BCUT2D eigenvalue weighted by atomic mass is 32.2. The summed E-state index contributed by atoms with van der Waals surface area (Å²) in [7, 11) is -2.71. The summed E-state index contributed by atoms with van der Waals surface area (Å²) < 4.78 is 37.8. The molecule has 128 valence electrons. The molecule has 2 aromatic rings. The van der Waals surface area contributed by atoms with E-state index in [0.29, 0.717) is 18.0 Å². The zero-order valence-corrected chi connectivity index (χ0v) is 14.0. The number of benzene rings is 2. The third kappa shape index (κ3) is 3.96. The highest BCUT2D eigenvalue weighted by molar-refractivity contribution is 7.92. The number of carboxylic acid groups (broad SMARTS) is 1. The standard InChI is InChI=1S/C16H17NO6S/c1-3-23-13-7-5-12(6-8-13)17-24(20,21)15-10-11(16(18)19)4-9-14(15)22-2/h4-10,17H,3H2,1-2H3,(H,18,19). The van der Waals surface area contributed by atoms with Crippen LogP contribution >= 0.6 is 0 Å². The van der Waals surface area contributed by atoms with Crippen LogP contribution < -0.4 is 14.2 Å². The van der Waals surface area contributed by atoms with Gasteiger partial charge in [0.1, 0.15) is 16.4 Å². The average molecular weight is 351 g/mol. The summed E-state index contributed by atoms with van der Waals surface area (Å²) in [6.45, 7) is 2.35. The molecule has 0 atom stereocenters. The molecule has 0 aromatic heterocycles. The summed E-state index contributed by atoms with van der Waals surface area (Å²) in [6.07, 6.45) is 0. The Morgan fingerprint density at radius 3 is 2.38 bits per heavy atom. The fraction of sp³-hybridized carbons (Fsp3) is 0.188. The molecule has 0 heterocycles. The Hall–Kier alpha value is -2.74. The highest BCUT2D eigenvalue weighted by Crippen LogP contribution is 2.27. The first-order valence-electron chi connectivity index (χ1n) is 7.04. The Bertz CT molecular complexity index is 830. The van der Waals surface area contributed by atoms with E-state index in [1.807, 2.05) is 6.92 Å². The predicted octanol–water partition coefficient (Wildman–Crippen LogP) is 2.59. The molecule has 0 unspecified atom stereocenters. The van der Waals surface area contributed by atoms with Crippen molar-refractivity contribution in [3.8, 4) is 11.5 Å². The predicted molar refractivity (Wildman–Crippen MR) is 88.4 cm³/mol. The molecule has 0 saturated heterocycles. The van der Waals surface area contributed by atoms with Gasteiger partial charge in [0.05, 0.1) is 19.3 Å². The molecule has 0 bridgehead atoms. The molecule has 2 N–H and O–H groups in total. The van der Waals surface area contributed by atoms with Gasteiger partial charge in [-0.3, -0.25) is 4.72 Å². The molecule has 0 saturated carbocycles. The van der Waals surface area contributed by atoms with Gasteiger partial charge < -0.3 is 14.6 Å². The average Bonchev–Trinajstić information content (AvgIpc) is 2.56. The van der Waals surface area contributed by atoms with E-state index in [0.717, 1.165) is 6.07 Å². The third-order valence-electron chi connectivity index (χ3n) is 3.12. The van der Waals surface area contributed by atoms with E-state index >= 15 is 0 Å². The van der Waals surface area contributed by atoms with Crippen LogP contribution in [0.3, 0.4) is 0 Å². The number of carbonyl (C=O) groups is 1. The van der Waals surface area contributed by atoms with Crippen LogP contribution in [0, 0.1) is 0 Å². The van der Waals surface area contributed by atoms with E-state index in [-0.39, 0.29) is 16.2 Å². The Morgan fingerprint density at radius 2 is 1.83 bits per heavy atom. The van der Waals surface area contributed by atoms with Gasteiger partial charge in [-0.05, 0) is 49.4 Å². The Balaban J connectivity index is 2.35. The maximum absolute atomic E-state index is 12.6. The smallest absolute Gasteiger partial charge is 0.335 e. The maximum Gasteiger partial charge on any atom is 0.335 e. The molecule has 7 nitrogen and oxygen atoms in total. The van der Waals surface area contributed by atoms with E-state index in [1.54, 1.807) is 24.3 Å². The van der Waals surface area contributed by atoms with Crippen molar-refractivity contribution in [1.29, 1.82) is 0 Å². The van der Waals surface area contributed by atoms with Crippen molar-refractivity contribution < 1.29 is 27.8 Å². The van der Waals surface area contributed by atoms with Gasteiger partial charge >= 0.3 is 5.97 Å². The molecule has 2 aromatic carbocycles. The van der Waals surface area contributed by atoms with E-state index < -0.39 is 16.0 Å². The first kappa shape index (κ1) is 17.6. The second-order valence-electron chi connectivity index (χ2n) is 4.73. The van der Waals surface area contributed by atoms with Crippen molar-refractivity contribution in [2.45, 2.75) is 11.8 Å². The summed E-state index contributed by atoms with van der Waals surface area (Å²) in [5, 5.41) is 9.04. The lowest BCUT2D eigenvalue weighted by molar-refractivity contribution is 0.0696. The number of hydrogen-bond acceptors (Lipinski definition) is 5. The second-order valence-corrected chi connectivity index (χ2v) is 6.38. The van der Waals surface area contributed by atoms with E-state index in [4.69, 9.17) is 14.6 Å². The van der Waals surface area contributed by atoms with Gasteiger partial charge in [-0.25, -0.2) is 13.2 Å². The van der Waals surface area contributed by atoms with Gasteiger partial charge in [-0.15, -0.1) is 0 Å². The molecule has 0 aliphatic rings. The number of aromatic carboxylic acids is 1. The molecule has 8 heteroatoms. The Kier molecular flexibility index (Phi) is 5.30. The molecule has 24 heavy (non-hydrogen) atoms. The minimum atomic E-state index is -4.02. The largest absolute Gasteiger partial charge is 0.495 e. The van der Waals surface area contributed by atoms with Crippen molar-refractivity contribution >= 4 is 21.7 Å². The molecular weight excluding hydrogens is 334 g/mol. The van der Waals surface area contributed by atoms with Crippen molar-refractivity contribution in [2.24, 2.45) is 0 Å². The lowest BCUT2D eigenvalue weighted by Gasteiger charge is -2.12. The summed E-state index contributed by atoms with van der Waals surface area (Å²) in [4.78, 5) is 10.8. The zero-order valence-electron chi connectivity index (χ0n) is 13.1. The molecule has 0 aliphatic heterocycles. The van der Waals surface area contributed by atoms with E-state index in [2.05, 4.69) is 4.72 Å². The summed E-state index contributed by atoms with van der Waals surface area (Å²) >= 11 is 0. The number of carboxylic acids is 1. The molecular formula is C16H17NO6S. The lowest BCUT2D eigenvalue weighted by atomic mass is 10.2. The number of methoxy groups -OCH3 is 1. The first-order valence-corrected chi connectivity index (χ1v) is 8.52. The van der Waals surface area contributed by atoms with Crippen LogP contribution in [0.2, 0.25) is 0 Å². The number of anilines is 1. The minimum absolute atomic E-state index is 0.0541. The number of sulfonamides is 1. The highest BCUT2D eigenvalue weighted by Gasteiger charge is 2.21. The Labute approximate surface area is 139 Å². The monoisotopic (exact) mass is 351 g/mol. The Morgan fingerprint density at radius 1 is 1.17 bits per heavy atom. The van der Waals surface area contributed by atoms with Crippen LogP contribution in [0.4, 0.5) is 5.69 Å². The summed E-state index contributed by atoms with van der Waals surface area (Å²) in [5.74, 6) is -0.556. The second kappa shape index (κ2) is 7.22.